The van der Waals surface area contributed by atoms with Crippen molar-refractivity contribution in [1.82, 2.24) is 0 Å². The van der Waals surface area contributed by atoms with E-state index in [2.05, 4.69) is 6.07 Å². The van der Waals surface area contributed by atoms with Crippen LogP contribution in [0.3, 0.4) is 0 Å². The van der Waals surface area contributed by atoms with Crippen molar-refractivity contribution in [3.05, 3.63) is 28.5 Å². The van der Waals surface area contributed by atoms with E-state index in [1.54, 1.807) is 20.8 Å². The van der Waals surface area contributed by atoms with Crippen LogP contribution in [0.25, 0.3) is 0 Å². The van der Waals surface area contributed by atoms with E-state index in [9.17, 15) is 14.4 Å². The standard InChI is InChI=1S/C23H27ClFNO3/c1-22(2,3)29-21(27)17-9-18(24)20(10-19(17)25)28-12-23(11-26)15-5-13-4-14(7-15)8-16(23)6-13/h9-10,13-16H,4-8,12H2,1-3H3. The average molecular weight is 420 g/mol. The Balaban J connectivity index is 1.52. The van der Waals surface area contributed by atoms with E-state index < -0.39 is 22.8 Å². The molecule has 1 aromatic rings. The van der Waals surface area contributed by atoms with Crippen LogP contribution in [0, 0.1) is 46.2 Å². The molecule has 0 aliphatic heterocycles. The number of ether oxygens (including phenoxy) is 2. The molecule has 156 valence electrons. The van der Waals surface area contributed by atoms with Gasteiger partial charge < -0.3 is 9.47 Å². The zero-order valence-electron chi connectivity index (χ0n) is 17.1. The van der Waals surface area contributed by atoms with E-state index in [0.717, 1.165) is 43.6 Å². The van der Waals surface area contributed by atoms with Crippen molar-refractivity contribution in [1.29, 1.82) is 5.26 Å². The van der Waals surface area contributed by atoms with E-state index in [0.29, 0.717) is 11.8 Å². The Morgan fingerprint density at radius 3 is 2.31 bits per heavy atom. The van der Waals surface area contributed by atoms with Gasteiger partial charge in [0.2, 0.25) is 0 Å². The molecular weight excluding hydrogens is 393 g/mol. The summed E-state index contributed by atoms with van der Waals surface area (Å²) in [7, 11) is 0. The molecule has 4 fully saturated rings. The lowest BCUT2D eigenvalue weighted by molar-refractivity contribution is -0.0942. The molecule has 0 radical (unpaired) electrons. The highest BCUT2D eigenvalue weighted by Gasteiger charge is 2.58. The summed E-state index contributed by atoms with van der Waals surface area (Å²) in [4.78, 5) is 12.2. The van der Waals surface area contributed by atoms with E-state index in [-0.39, 0.29) is 22.9 Å². The predicted octanol–water partition coefficient (Wildman–Crippen LogP) is 5.78. The molecule has 0 heterocycles. The van der Waals surface area contributed by atoms with Crippen LogP contribution in [0.4, 0.5) is 4.39 Å². The Morgan fingerprint density at radius 1 is 1.21 bits per heavy atom. The number of esters is 1. The van der Waals surface area contributed by atoms with Crippen molar-refractivity contribution in [2.24, 2.45) is 29.1 Å². The van der Waals surface area contributed by atoms with Gasteiger partial charge in [0, 0.05) is 6.07 Å². The van der Waals surface area contributed by atoms with Crippen LogP contribution in [-0.2, 0) is 4.74 Å². The molecule has 4 aliphatic rings. The molecule has 0 unspecified atom stereocenters. The van der Waals surface area contributed by atoms with Gasteiger partial charge in [-0.05, 0) is 82.6 Å². The minimum atomic E-state index is -0.766. The van der Waals surface area contributed by atoms with Crippen LogP contribution in [-0.4, -0.2) is 18.2 Å². The second-order valence-electron chi connectivity index (χ2n) is 10.0. The molecule has 1 aromatic carbocycles. The van der Waals surface area contributed by atoms with Gasteiger partial charge in [0.25, 0.3) is 0 Å². The Morgan fingerprint density at radius 2 is 1.79 bits per heavy atom. The maximum atomic E-state index is 14.6. The highest BCUT2D eigenvalue weighted by atomic mass is 35.5. The Kier molecular flexibility index (Phi) is 5.06. The van der Waals surface area contributed by atoms with Crippen LogP contribution in [0.15, 0.2) is 12.1 Å². The number of hydrogen-bond acceptors (Lipinski definition) is 4. The molecule has 4 saturated carbocycles. The highest BCUT2D eigenvalue weighted by molar-refractivity contribution is 6.32. The number of nitrogens with zero attached hydrogens (tertiary/aromatic N) is 1. The van der Waals surface area contributed by atoms with E-state index in [4.69, 9.17) is 21.1 Å². The first-order valence-electron chi connectivity index (χ1n) is 10.4. The molecule has 0 N–H and O–H groups in total. The average Bonchev–Trinajstić information content (AvgIpc) is 2.62. The van der Waals surface area contributed by atoms with Crippen LogP contribution >= 0.6 is 11.6 Å². The summed E-state index contributed by atoms with van der Waals surface area (Å²) < 4.78 is 25.7. The van der Waals surface area contributed by atoms with Crippen molar-refractivity contribution in [2.45, 2.75) is 58.5 Å². The fourth-order valence-corrected chi connectivity index (χ4v) is 6.02. The lowest BCUT2D eigenvalue weighted by atomic mass is 9.46. The minimum Gasteiger partial charge on any atom is -0.490 e. The van der Waals surface area contributed by atoms with Crippen LogP contribution in [0.5, 0.6) is 5.75 Å². The molecule has 0 spiro atoms. The van der Waals surface area contributed by atoms with Gasteiger partial charge in [0.15, 0.2) is 0 Å². The molecule has 0 saturated heterocycles. The van der Waals surface area contributed by atoms with Crippen molar-refractivity contribution >= 4 is 17.6 Å². The number of carbonyl (C=O) groups excluding carboxylic acids is 1. The summed E-state index contributed by atoms with van der Waals surface area (Å²) >= 11 is 6.29. The molecule has 4 bridgehead atoms. The fraction of sp³-hybridized carbons (Fsp3) is 0.652. The number of rotatable bonds is 4. The fourth-order valence-electron chi connectivity index (χ4n) is 5.80. The second-order valence-corrected chi connectivity index (χ2v) is 10.4. The van der Waals surface area contributed by atoms with Crippen LogP contribution < -0.4 is 4.74 Å². The van der Waals surface area contributed by atoms with Gasteiger partial charge in [-0.15, -0.1) is 0 Å². The van der Waals surface area contributed by atoms with Crippen LogP contribution in [0.2, 0.25) is 5.02 Å². The Bertz CT molecular complexity index is 842. The van der Waals surface area contributed by atoms with Crippen molar-refractivity contribution in [3.63, 3.8) is 0 Å². The summed E-state index contributed by atoms with van der Waals surface area (Å²) in [6, 6.07) is 4.96. The molecule has 4 aliphatic carbocycles. The summed E-state index contributed by atoms with van der Waals surface area (Å²) in [6.07, 6.45) is 5.65. The van der Waals surface area contributed by atoms with Gasteiger partial charge in [0.1, 0.15) is 23.8 Å². The van der Waals surface area contributed by atoms with Crippen LogP contribution in [0.1, 0.15) is 63.2 Å². The number of halogens is 2. The monoisotopic (exact) mass is 419 g/mol. The third-order valence-electron chi connectivity index (χ3n) is 6.91. The SMILES string of the molecule is CC(C)(C)OC(=O)c1cc(Cl)c(OCC2(C#N)C3CC4CC(C3)CC2C4)cc1F. The van der Waals surface area contributed by atoms with Crippen molar-refractivity contribution in [3.8, 4) is 11.8 Å². The Labute approximate surface area is 176 Å². The second kappa shape index (κ2) is 7.16. The zero-order valence-corrected chi connectivity index (χ0v) is 17.9. The van der Waals surface area contributed by atoms with Gasteiger partial charge in [-0.25, -0.2) is 9.18 Å². The lowest BCUT2D eigenvalue weighted by Gasteiger charge is -2.58. The minimum absolute atomic E-state index is 0.143. The van der Waals surface area contributed by atoms with Gasteiger partial charge in [-0.1, -0.05) is 11.6 Å². The number of benzene rings is 1. The normalized spacial score (nSPS) is 32.7. The topological polar surface area (TPSA) is 59.3 Å². The molecule has 6 heteroatoms. The van der Waals surface area contributed by atoms with E-state index in [1.165, 1.54) is 12.5 Å². The number of carbonyl (C=O) groups is 1. The summed E-state index contributed by atoms with van der Waals surface area (Å²) in [5, 5.41) is 10.2. The zero-order chi connectivity index (χ0) is 21.0. The predicted molar refractivity (Wildman–Crippen MR) is 107 cm³/mol. The van der Waals surface area contributed by atoms with Gasteiger partial charge in [-0.2, -0.15) is 5.26 Å². The quantitative estimate of drug-likeness (QED) is 0.580. The highest BCUT2D eigenvalue weighted by Crippen LogP contribution is 2.62. The van der Waals surface area contributed by atoms with Gasteiger partial charge in [-0.3, -0.25) is 0 Å². The molecule has 0 atom stereocenters. The molecule has 5 rings (SSSR count). The maximum absolute atomic E-state index is 14.6. The van der Waals surface area contributed by atoms with E-state index >= 15 is 0 Å². The molecular formula is C23H27ClFNO3. The number of hydrogen-bond donors (Lipinski definition) is 0. The van der Waals surface area contributed by atoms with Gasteiger partial charge in [0.05, 0.1) is 22.1 Å². The van der Waals surface area contributed by atoms with Crippen molar-refractivity contribution < 1.29 is 18.7 Å². The lowest BCUT2D eigenvalue weighted by Crippen LogP contribution is -2.54. The third-order valence-corrected chi connectivity index (χ3v) is 7.21. The van der Waals surface area contributed by atoms with Gasteiger partial charge >= 0.3 is 5.97 Å². The Hall–Kier alpha value is -1.80. The third kappa shape index (κ3) is 3.72. The van der Waals surface area contributed by atoms with E-state index in [1.807, 2.05) is 0 Å². The molecule has 4 nitrogen and oxygen atoms in total. The smallest absolute Gasteiger partial charge is 0.341 e. The number of nitriles is 1. The first-order valence-corrected chi connectivity index (χ1v) is 10.8. The summed E-state index contributed by atoms with van der Waals surface area (Å²) in [5.41, 5.74) is -1.48. The molecule has 0 aromatic heterocycles. The molecule has 0 amide bonds. The first kappa shape index (κ1) is 20.5. The summed E-state index contributed by atoms with van der Waals surface area (Å²) in [6.45, 7) is 5.36. The first-order chi connectivity index (χ1) is 13.6. The largest absolute Gasteiger partial charge is 0.490 e. The summed E-state index contributed by atoms with van der Waals surface area (Å²) in [5.74, 6) is 0.829. The maximum Gasteiger partial charge on any atom is 0.341 e. The molecule has 29 heavy (non-hydrogen) atoms. The van der Waals surface area contributed by atoms with Crippen molar-refractivity contribution in [2.75, 3.05) is 6.61 Å².